The van der Waals surface area contributed by atoms with E-state index in [4.69, 9.17) is 5.73 Å². The van der Waals surface area contributed by atoms with Gasteiger partial charge in [-0.2, -0.15) is 0 Å². The van der Waals surface area contributed by atoms with Gasteiger partial charge in [-0.05, 0) is 30.7 Å². The van der Waals surface area contributed by atoms with Crippen molar-refractivity contribution < 1.29 is 13.6 Å². The number of pyridine rings is 1. The number of hydrogen-bond donors (Lipinski definition) is 2. The molecule has 4 nitrogen and oxygen atoms in total. The van der Waals surface area contributed by atoms with Gasteiger partial charge < -0.3 is 11.1 Å². The molecule has 0 aliphatic heterocycles. The molecule has 0 unspecified atom stereocenters. The minimum absolute atomic E-state index is 0.0728. The molecule has 104 valence electrons. The summed E-state index contributed by atoms with van der Waals surface area (Å²) < 4.78 is 25.8. The number of nitrogen functional groups attached to an aromatic ring is 1. The summed E-state index contributed by atoms with van der Waals surface area (Å²) >= 11 is 0. The molecule has 0 bridgehead atoms. The molecule has 2 rings (SSSR count). The zero-order chi connectivity index (χ0) is 14.7. The molecule has 2 aromatic rings. The van der Waals surface area contributed by atoms with Gasteiger partial charge in [0.15, 0.2) is 11.6 Å². The molecule has 1 aromatic carbocycles. The smallest absolute Gasteiger partial charge is 0.255 e. The van der Waals surface area contributed by atoms with Crippen molar-refractivity contribution in [1.82, 2.24) is 10.3 Å². The molecule has 20 heavy (non-hydrogen) atoms. The van der Waals surface area contributed by atoms with Gasteiger partial charge in [0.2, 0.25) is 0 Å². The van der Waals surface area contributed by atoms with Crippen molar-refractivity contribution in [1.29, 1.82) is 0 Å². The molecule has 0 saturated carbocycles. The maximum Gasteiger partial charge on any atom is 0.255 e. The van der Waals surface area contributed by atoms with Crippen molar-refractivity contribution >= 4 is 11.6 Å². The van der Waals surface area contributed by atoms with E-state index in [2.05, 4.69) is 10.3 Å². The molecule has 0 aliphatic carbocycles. The number of nitrogens with one attached hydrogen (secondary N) is 1. The number of aryl methyl sites for hydroxylation is 1. The molecule has 1 heterocycles. The number of nitrogens with two attached hydrogens (primary N) is 1. The lowest BCUT2D eigenvalue weighted by atomic mass is 10.2. The molecule has 3 N–H and O–H groups in total. The van der Waals surface area contributed by atoms with E-state index in [-0.39, 0.29) is 12.1 Å². The summed E-state index contributed by atoms with van der Waals surface area (Å²) in [5, 5.41) is 2.57. The molecule has 1 amide bonds. The summed E-state index contributed by atoms with van der Waals surface area (Å²) in [7, 11) is 0. The van der Waals surface area contributed by atoms with Crippen LogP contribution in [0.25, 0.3) is 0 Å². The van der Waals surface area contributed by atoms with E-state index < -0.39 is 17.5 Å². The largest absolute Gasteiger partial charge is 0.398 e. The lowest BCUT2D eigenvalue weighted by Crippen LogP contribution is -2.24. The fourth-order valence-electron chi connectivity index (χ4n) is 1.70. The summed E-state index contributed by atoms with van der Waals surface area (Å²) in [4.78, 5) is 15.9. The molecule has 0 radical (unpaired) electrons. The van der Waals surface area contributed by atoms with E-state index in [1.165, 1.54) is 12.3 Å². The van der Waals surface area contributed by atoms with Crippen LogP contribution < -0.4 is 11.1 Å². The first kappa shape index (κ1) is 13.9. The van der Waals surface area contributed by atoms with E-state index in [0.717, 1.165) is 12.1 Å². The van der Waals surface area contributed by atoms with Crippen LogP contribution in [0, 0.1) is 18.6 Å². The van der Waals surface area contributed by atoms with Crippen molar-refractivity contribution in [2.75, 3.05) is 5.73 Å². The molecular weight excluding hydrogens is 264 g/mol. The maximum absolute atomic E-state index is 13.0. The van der Waals surface area contributed by atoms with E-state index >= 15 is 0 Å². The van der Waals surface area contributed by atoms with Crippen LogP contribution in [0.5, 0.6) is 0 Å². The number of anilines is 1. The predicted octanol–water partition coefficient (Wildman–Crippen LogP) is 2.18. The van der Waals surface area contributed by atoms with Gasteiger partial charge in [-0.15, -0.1) is 0 Å². The Bertz CT molecular complexity index is 659. The third-order valence-corrected chi connectivity index (χ3v) is 2.75. The van der Waals surface area contributed by atoms with E-state index in [1.807, 2.05) is 0 Å². The Morgan fingerprint density at radius 3 is 2.70 bits per heavy atom. The highest BCUT2D eigenvalue weighted by Gasteiger charge is 2.10. The minimum atomic E-state index is -0.951. The van der Waals surface area contributed by atoms with Crippen LogP contribution in [0.3, 0.4) is 0 Å². The van der Waals surface area contributed by atoms with Crippen LogP contribution >= 0.6 is 0 Å². The van der Waals surface area contributed by atoms with Gasteiger partial charge in [0.05, 0.1) is 5.56 Å². The topological polar surface area (TPSA) is 68.0 Å². The first-order valence-corrected chi connectivity index (χ1v) is 5.91. The van der Waals surface area contributed by atoms with Gasteiger partial charge in [0, 0.05) is 24.1 Å². The molecule has 0 saturated heterocycles. The molecule has 0 atom stereocenters. The van der Waals surface area contributed by atoms with Crippen LogP contribution in [0.1, 0.15) is 21.6 Å². The second kappa shape index (κ2) is 5.64. The Morgan fingerprint density at radius 2 is 2.05 bits per heavy atom. The van der Waals surface area contributed by atoms with Gasteiger partial charge in [0.25, 0.3) is 5.91 Å². The Balaban J connectivity index is 2.06. The average Bonchev–Trinajstić information content (AvgIpc) is 2.40. The number of benzene rings is 1. The van der Waals surface area contributed by atoms with Gasteiger partial charge in [-0.25, -0.2) is 8.78 Å². The number of aromatic nitrogens is 1. The Labute approximate surface area is 114 Å². The van der Waals surface area contributed by atoms with Crippen molar-refractivity contribution in [2.24, 2.45) is 0 Å². The number of halogens is 2. The highest BCUT2D eigenvalue weighted by Crippen LogP contribution is 2.12. The summed E-state index contributed by atoms with van der Waals surface area (Å²) in [6.07, 6.45) is 1.38. The lowest BCUT2D eigenvalue weighted by Gasteiger charge is -2.08. The molecule has 0 spiro atoms. The third-order valence-electron chi connectivity index (χ3n) is 2.75. The van der Waals surface area contributed by atoms with E-state index in [9.17, 15) is 13.6 Å². The normalized spacial score (nSPS) is 10.3. The molecule has 6 heteroatoms. The lowest BCUT2D eigenvalue weighted by molar-refractivity contribution is 0.0951. The summed E-state index contributed by atoms with van der Waals surface area (Å²) in [5.74, 6) is -2.29. The van der Waals surface area contributed by atoms with Gasteiger partial charge in [-0.1, -0.05) is 6.07 Å². The van der Waals surface area contributed by atoms with Gasteiger partial charge in [0.1, 0.15) is 0 Å². The third kappa shape index (κ3) is 3.09. The van der Waals surface area contributed by atoms with Crippen molar-refractivity contribution in [3.8, 4) is 0 Å². The second-order valence-electron chi connectivity index (χ2n) is 4.34. The number of carbonyl (C=O) groups is 1. The van der Waals surface area contributed by atoms with Crippen LogP contribution in [-0.2, 0) is 6.54 Å². The number of rotatable bonds is 3. The quantitative estimate of drug-likeness (QED) is 0.903. The van der Waals surface area contributed by atoms with Gasteiger partial charge in [-0.3, -0.25) is 9.78 Å². The zero-order valence-electron chi connectivity index (χ0n) is 10.8. The summed E-state index contributed by atoms with van der Waals surface area (Å²) in [6.45, 7) is 1.84. The van der Waals surface area contributed by atoms with Gasteiger partial charge >= 0.3 is 0 Å². The van der Waals surface area contributed by atoms with Crippen molar-refractivity contribution in [3.63, 3.8) is 0 Å². The molecular formula is C14H13F2N3O. The SMILES string of the molecule is Cc1cc(N)c(C(=O)NCc2ccc(F)c(F)c2)cn1. The summed E-state index contributed by atoms with van der Waals surface area (Å²) in [6, 6.07) is 5.03. The second-order valence-corrected chi connectivity index (χ2v) is 4.34. The molecule has 0 aliphatic rings. The standard InChI is InChI=1S/C14H13F2N3O/c1-8-4-13(17)10(7-18-8)14(20)19-6-9-2-3-11(15)12(16)5-9/h2-5,7H,6H2,1H3,(H2,17,18)(H,19,20). The molecule has 0 fully saturated rings. The Hall–Kier alpha value is -2.50. The fourth-order valence-corrected chi connectivity index (χ4v) is 1.70. The van der Waals surface area contributed by atoms with Crippen LogP contribution in [0.4, 0.5) is 14.5 Å². The monoisotopic (exact) mass is 277 g/mol. The predicted molar refractivity (Wildman–Crippen MR) is 70.9 cm³/mol. The highest BCUT2D eigenvalue weighted by atomic mass is 19.2. The van der Waals surface area contributed by atoms with E-state index in [1.54, 1.807) is 13.0 Å². The summed E-state index contributed by atoms with van der Waals surface area (Å²) in [5.41, 5.74) is 7.46. The number of nitrogens with zero attached hydrogens (tertiary/aromatic N) is 1. The number of amides is 1. The minimum Gasteiger partial charge on any atom is -0.398 e. The first-order chi connectivity index (χ1) is 9.47. The number of carbonyl (C=O) groups excluding carboxylic acids is 1. The maximum atomic E-state index is 13.0. The fraction of sp³-hybridized carbons (Fsp3) is 0.143. The van der Waals surface area contributed by atoms with Crippen LogP contribution in [0.2, 0.25) is 0 Å². The Kier molecular flexibility index (Phi) is 3.93. The van der Waals surface area contributed by atoms with Crippen molar-refractivity contribution in [2.45, 2.75) is 13.5 Å². The number of hydrogen-bond acceptors (Lipinski definition) is 3. The van der Waals surface area contributed by atoms with Crippen LogP contribution in [-0.4, -0.2) is 10.9 Å². The van der Waals surface area contributed by atoms with Crippen LogP contribution in [0.15, 0.2) is 30.5 Å². The van der Waals surface area contributed by atoms with Crippen molar-refractivity contribution in [3.05, 3.63) is 58.9 Å². The van der Waals surface area contributed by atoms with E-state index in [0.29, 0.717) is 16.9 Å². The molecule has 1 aromatic heterocycles. The zero-order valence-corrected chi connectivity index (χ0v) is 10.8. The highest BCUT2D eigenvalue weighted by molar-refractivity contribution is 5.98. The first-order valence-electron chi connectivity index (χ1n) is 5.91. The average molecular weight is 277 g/mol. The Morgan fingerprint density at radius 1 is 1.30 bits per heavy atom.